The Morgan fingerprint density at radius 2 is 2.23 bits per heavy atom. The van der Waals surface area contributed by atoms with Gasteiger partial charge < -0.3 is 20.3 Å². The average molecular weight is 379 g/mol. The first kappa shape index (κ1) is 18.5. The van der Waals surface area contributed by atoms with E-state index in [2.05, 4.69) is 20.6 Å². The van der Waals surface area contributed by atoms with Gasteiger partial charge in [0.15, 0.2) is 10.9 Å². The molecule has 3 heterocycles. The van der Waals surface area contributed by atoms with Crippen LogP contribution in [0.15, 0.2) is 22.8 Å². The highest BCUT2D eigenvalue weighted by Gasteiger charge is 2.34. The zero-order chi connectivity index (χ0) is 18.7. The number of ether oxygens (including phenoxy) is 1. The summed E-state index contributed by atoms with van der Waals surface area (Å²) in [6, 6.07) is 0.172. The van der Waals surface area contributed by atoms with Gasteiger partial charge in [-0.25, -0.2) is 14.8 Å². The first-order valence-electron chi connectivity index (χ1n) is 8.78. The van der Waals surface area contributed by atoms with Crippen LogP contribution in [0.1, 0.15) is 33.4 Å². The molecular formula is C17H26N6O2S. The maximum atomic E-state index is 12.0. The zero-order valence-corrected chi connectivity index (χ0v) is 16.5. The Hall–Kier alpha value is -2.29. The van der Waals surface area contributed by atoms with Crippen molar-refractivity contribution in [3.8, 4) is 0 Å². The predicted octanol–water partition coefficient (Wildman–Crippen LogP) is 2.07. The Balaban J connectivity index is 1.51. The summed E-state index contributed by atoms with van der Waals surface area (Å²) in [4.78, 5) is 23.8. The van der Waals surface area contributed by atoms with Crippen molar-refractivity contribution in [2.24, 2.45) is 4.99 Å². The summed E-state index contributed by atoms with van der Waals surface area (Å²) in [5.41, 5.74) is 0.461. The summed E-state index contributed by atoms with van der Waals surface area (Å²) < 4.78 is 7.37. The topological polar surface area (TPSA) is 83.3 Å². The number of nitrogens with zero attached hydrogens (tertiary/aromatic N) is 4. The van der Waals surface area contributed by atoms with E-state index in [0.29, 0.717) is 19.6 Å². The molecule has 3 rings (SSSR count). The van der Waals surface area contributed by atoms with Crippen LogP contribution in [0.3, 0.4) is 0 Å². The van der Waals surface area contributed by atoms with Gasteiger partial charge in [-0.05, 0) is 27.7 Å². The molecule has 1 aliphatic heterocycles. The van der Waals surface area contributed by atoms with Crippen molar-refractivity contribution in [1.82, 2.24) is 24.9 Å². The highest BCUT2D eigenvalue weighted by Crippen LogP contribution is 2.15. The monoisotopic (exact) mass is 378 g/mol. The van der Waals surface area contributed by atoms with Crippen LogP contribution in [0, 0.1) is 0 Å². The van der Waals surface area contributed by atoms with Gasteiger partial charge >= 0.3 is 6.09 Å². The Bertz CT molecular complexity index is 756. The average Bonchev–Trinajstić information content (AvgIpc) is 3.06. The first-order valence-corrected chi connectivity index (χ1v) is 9.66. The molecule has 0 bridgehead atoms. The van der Waals surface area contributed by atoms with Gasteiger partial charge in [-0.3, -0.25) is 4.40 Å². The number of carbonyl (C=O) groups excluding carboxylic acids is 1. The fourth-order valence-corrected chi connectivity index (χ4v) is 3.29. The van der Waals surface area contributed by atoms with Gasteiger partial charge in [0.1, 0.15) is 5.60 Å². The number of hydrogen-bond donors (Lipinski definition) is 2. The van der Waals surface area contributed by atoms with E-state index in [0.717, 1.165) is 23.2 Å². The molecule has 142 valence electrons. The summed E-state index contributed by atoms with van der Waals surface area (Å²) >= 11 is 1.61. The number of likely N-dealkylation sites (tertiary alicyclic amines) is 1. The first-order chi connectivity index (χ1) is 12.3. The molecule has 0 aliphatic carbocycles. The van der Waals surface area contributed by atoms with Crippen molar-refractivity contribution in [1.29, 1.82) is 0 Å². The van der Waals surface area contributed by atoms with Gasteiger partial charge in [0, 0.05) is 37.4 Å². The molecule has 0 saturated carbocycles. The summed E-state index contributed by atoms with van der Waals surface area (Å²) in [6.07, 6.45) is 3.71. The fourth-order valence-electron chi connectivity index (χ4n) is 2.57. The maximum Gasteiger partial charge on any atom is 0.410 e. The van der Waals surface area contributed by atoms with E-state index >= 15 is 0 Å². The molecule has 0 spiro atoms. The highest BCUT2D eigenvalue weighted by atomic mass is 32.1. The van der Waals surface area contributed by atoms with Gasteiger partial charge in [-0.2, -0.15) is 0 Å². The zero-order valence-electron chi connectivity index (χ0n) is 15.7. The van der Waals surface area contributed by atoms with E-state index in [4.69, 9.17) is 4.74 Å². The normalized spacial score (nSPS) is 15.8. The van der Waals surface area contributed by atoms with E-state index in [1.54, 1.807) is 16.2 Å². The van der Waals surface area contributed by atoms with E-state index < -0.39 is 5.60 Å². The molecule has 1 saturated heterocycles. The number of carbonyl (C=O) groups is 1. The van der Waals surface area contributed by atoms with Gasteiger partial charge in [-0.1, -0.05) is 0 Å². The second-order valence-electron chi connectivity index (χ2n) is 7.25. The number of aromatic nitrogens is 2. The molecule has 2 N–H and O–H groups in total. The third-order valence-corrected chi connectivity index (χ3v) is 4.53. The fraction of sp³-hybridized carbons (Fsp3) is 0.588. The molecule has 1 aliphatic rings. The predicted molar refractivity (Wildman–Crippen MR) is 103 cm³/mol. The third-order valence-electron chi connectivity index (χ3n) is 3.76. The van der Waals surface area contributed by atoms with Crippen molar-refractivity contribution in [2.75, 3.05) is 19.6 Å². The highest BCUT2D eigenvalue weighted by molar-refractivity contribution is 7.15. The number of nitrogens with one attached hydrogen (secondary N) is 2. The number of hydrogen-bond acceptors (Lipinski definition) is 5. The van der Waals surface area contributed by atoms with E-state index in [9.17, 15) is 4.79 Å². The molecule has 0 unspecified atom stereocenters. The molecule has 2 aromatic rings. The number of guanidine groups is 1. The summed E-state index contributed by atoms with van der Waals surface area (Å²) in [5, 5.41) is 8.60. The molecule has 26 heavy (non-hydrogen) atoms. The molecular weight excluding hydrogens is 352 g/mol. The molecule has 1 amide bonds. The standard InChI is InChI=1S/C17H26N6O2S/c1-5-18-14(19-8-12-9-22-6-7-26-15(22)21-12)20-13-10-23(11-13)16(24)25-17(2,3)4/h6-7,9,13H,5,8,10-11H2,1-4H3,(H2,18,19,20). The molecule has 0 radical (unpaired) electrons. The lowest BCUT2D eigenvalue weighted by molar-refractivity contribution is 0.00701. The number of amides is 1. The molecule has 0 atom stereocenters. The lowest BCUT2D eigenvalue weighted by Crippen LogP contribution is -2.63. The largest absolute Gasteiger partial charge is 0.444 e. The number of imidazole rings is 1. The molecule has 9 heteroatoms. The van der Waals surface area contributed by atoms with Gasteiger partial charge in [0.05, 0.1) is 18.3 Å². The summed E-state index contributed by atoms with van der Waals surface area (Å²) in [5.74, 6) is 0.734. The van der Waals surface area contributed by atoms with Crippen LogP contribution in [-0.4, -0.2) is 57.6 Å². The number of thiazole rings is 1. The number of rotatable bonds is 4. The van der Waals surface area contributed by atoms with Crippen molar-refractivity contribution >= 4 is 28.4 Å². The smallest absolute Gasteiger partial charge is 0.410 e. The van der Waals surface area contributed by atoms with Gasteiger partial charge in [0.25, 0.3) is 0 Å². The van der Waals surface area contributed by atoms with Crippen molar-refractivity contribution in [2.45, 2.75) is 45.9 Å². The lowest BCUT2D eigenvalue weighted by atomic mass is 10.1. The van der Waals surface area contributed by atoms with Gasteiger partial charge in [0.2, 0.25) is 0 Å². The minimum Gasteiger partial charge on any atom is -0.444 e. The Labute approximate surface area is 157 Å². The summed E-state index contributed by atoms with van der Waals surface area (Å²) in [6.45, 7) is 10.1. The van der Waals surface area contributed by atoms with Crippen LogP contribution in [0.4, 0.5) is 4.79 Å². The number of aliphatic imine (C=N–C) groups is 1. The third kappa shape index (κ3) is 4.66. The second-order valence-corrected chi connectivity index (χ2v) is 8.12. The van der Waals surface area contributed by atoms with Crippen LogP contribution < -0.4 is 10.6 Å². The van der Waals surface area contributed by atoms with Crippen LogP contribution >= 0.6 is 11.3 Å². The summed E-state index contributed by atoms with van der Waals surface area (Å²) in [7, 11) is 0. The molecule has 8 nitrogen and oxygen atoms in total. The van der Waals surface area contributed by atoms with Crippen LogP contribution in [0.2, 0.25) is 0 Å². The van der Waals surface area contributed by atoms with Crippen LogP contribution in [0.25, 0.3) is 4.96 Å². The Kier molecular flexibility index (Phi) is 5.36. The maximum absolute atomic E-state index is 12.0. The Morgan fingerprint density at radius 1 is 1.46 bits per heavy atom. The van der Waals surface area contributed by atoms with Crippen LogP contribution in [0.5, 0.6) is 0 Å². The Morgan fingerprint density at radius 3 is 2.88 bits per heavy atom. The van der Waals surface area contributed by atoms with Crippen molar-refractivity contribution in [3.63, 3.8) is 0 Å². The number of fused-ring (bicyclic) bond motifs is 1. The van der Waals surface area contributed by atoms with Gasteiger partial charge in [-0.15, -0.1) is 11.3 Å². The minimum atomic E-state index is -0.468. The molecule has 0 aromatic carbocycles. The lowest BCUT2D eigenvalue weighted by Gasteiger charge is -2.40. The van der Waals surface area contributed by atoms with Crippen LogP contribution in [-0.2, 0) is 11.3 Å². The molecule has 1 fully saturated rings. The second kappa shape index (κ2) is 7.53. The van der Waals surface area contributed by atoms with E-state index in [1.165, 1.54) is 0 Å². The molecule has 2 aromatic heterocycles. The minimum absolute atomic E-state index is 0.172. The SMILES string of the molecule is CCNC(=NCc1cn2ccsc2n1)NC1CN(C(=O)OC(C)(C)C)C1. The van der Waals surface area contributed by atoms with Crippen molar-refractivity contribution in [3.05, 3.63) is 23.5 Å². The quantitative estimate of drug-likeness (QED) is 0.629. The van der Waals surface area contributed by atoms with E-state index in [1.807, 2.05) is 49.9 Å². The van der Waals surface area contributed by atoms with Crippen molar-refractivity contribution < 1.29 is 9.53 Å². The van der Waals surface area contributed by atoms with E-state index in [-0.39, 0.29) is 12.1 Å².